The zero-order chi connectivity index (χ0) is 13.0. The third-order valence-corrected chi connectivity index (χ3v) is 5.54. The molecule has 0 spiro atoms. The minimum Gasteiger partial charge on any atom is -0.310 e. The van der Waals surface area contributed by atoms with Crippen LogP contribution in [0, 0.1) is 6.92 Å². The first-order valence-electron chi connectivity index (χ1n) is 6.19. The van der Waals surface area contributed by atoms with Crippen LogP contribution in [0.3, 0.4) is 0 Å². The van der Waals surface area contributed by atoms with Crippen LogP contribution in [0.15, 0.2) is 26.7 Å². The topological polar surface area (TPSA) is 12.0 Å². The first-order valence-corrected chi connectivity index (χ1v) is 8.81. The van der Waals surface area contributed by atoms with Crippen LogP contribution in [-0.2, 0) is 6.42 Å². The van der Waals surface area contributed by atoms with Crippen molar-refractivity contribution in [2.75, 3.05) is 6.54 Å². The van der Waals surface area contributed by atoms with Crippen molar-refractivity contribution in [1.29, 1.82) is 0 Å². The minimum atomic E-state index is 0.446. The fourth-order valence-corrected chi connectivity index (χ4v) is 4.40. The Morgan fingerprint density at radius 3 is 2.72 bits per heavy atom. The van der Waals surface area contributed by atoms with E-state index in [2.05, 4.69) is 57.3 Å². The molecule has 0 aliphatic rings. The number of nitrogens with one attached hydrogen (secondary N) is 1. The van der Waals surface area contributed by atoms with Gasteiger partial charge in [-0.25, -0.2) is 0 Å². The maximum Gasteiger partial charge on any atom is 0.0379 e. The highest BCUT2D eigenvalue weighted by Gasteiger charge is 2.15. The second-order valence-corrected chi connectivity index (χ2v) is 7.11. The van der Waals surface area contributed by atoms with E-state index >= 15 is 0 Å². The van der Waals surface area contributed by atoms with E-state index in [1.54, 1.807) is 11.3 Å². The molecule has 1 N–H and O–H groups in total. The molecule has 0 amide bonds. The molecule has 18 heavy (non-hydrogen) atoms. The standard InChI is InChI=1S/C14H18BrNS2/c1-3-4-16-14(13-9-17-7-10(13)2)6-12-5-11(15)8-18-12/h5,7-9,14,16H,3-4,6H2,1-2H3. The van der Waals surface area contributed by atoms with Gasteiger partial charge in [0.1, 0.15) is 0 Å². The predicted octanol–water partition coefficient (Wildman–Crippen LogP) is 5.16. The van der Waals surface area contributed by atoms with E-state index in [1.807, 2.05) is 11.3 Å². The highest BCUT2D eigenvalue weighted by Crippen LogP contribution is 2.28. The summed E-state index contributed by atoms with van der Waals surface area (Å²) in [5, 5.41) is 10.3. The number of aryl methyl sites for hydroxylation is 1. The Morgan fingerprint density at radius 1 is 1.33 bits per heavy atom. The second-order valence-electron chi connectivity index (χ2n) is 4.45. The van der Waals surface area contributed by atoms with E-state index in [-0.39, 0.29) is 0 Å². The zero-order valence-electron chi connectivity index (χ0n) is 10.7. The molecule has 1 atom stereocenters. The molecule has 0 aliphatic carbocycles. The molecule has 2 aromatic heterocycles. The number of rotatable bonds is 6. The molecule has 0 aliphatic heterocycles. The molecule has 1 nitrogen and oxygen atoms in total. The molecule has 2 rings (SSSR count). The van der Waals surface area contributed by atoms with Crippen molar-refractivity contribution in [3.63, 3.8) is 0 Å². The Morgan fingerprint density at radius 2 is 2.17 bits per heavy atom. The van der Waals surface area contributed by atoms with Crippen molar-refractivity contribution >= 4 is 38.6 Å². The van der Waals surface area contributed by atoms with E-state index in [0.717, 1.165) is 13.0 Å². The van der Waals surface area contributed by atoms with Crippen molar-refractivity contribution in [3.05, 3.63) is 42.7 Å². The van der Waals surface area contributed by atoms with Crippen molar-refractivity contribution in [1.82, 2.24) is 5.32 Å². The molecule has 2 aromatic rings. The summed E-state index contributed by atoms with van der Waals surface area (Å²) in [4.78, 5) is 1.43. The van der Waals surface area contributed by atoms with Crippen LogP contribution in [0.25, 0.3) is 0 Å². The summed E-state index contributed by atoms with van der Waals surface area (Å²) >= 11 is 7.16. The van der Waals surface area contributed by atoms with Gasteiger partial charge in [-0.15, -0.1) is 11.3 Å². The van der Waals surface area contributed by atoms with Gasteiger partial charge in [0, 0.05) is 27.2 Å². The Bertz CT molecular complexity index is 489. The summed E-state index contributed by atoms with van der Waals surface area (Å²) in [7, 11) is 0. The summed E-state index contributed by atoms with van der Waals surface area (Å²) in [6, 6.07) is 2.68. The van der Waals surface area contributed by atoms with E-state index in [1.165, 1.54) is 26.9 Å². The molecule has 0 saturated heterocycles. The van der Waals surface area contributed by atoms with E-state index in [4.69, 9.17) is 0 Å². The summed E-state index contributed by atoms with van der Waals surface area (Å²) in [5.41, 5.74) is 2.86. The van der Waals surface area contributed by atoms with Gasteiger partial charge in [0.05, 0.1) is 0 Å². The lowest BCUT2D eigenvalue weighted by atomic mass is 10.0. The van der Waals surface area contributed by atoms with Crippen molar-refractivity contribution in [3.8, 4) is 0 Å². The molecular weight excluding hydrogens is 326 g/mol. The monoisotopic (exact) mass is 343 g/mol. The normalized spacial score (nSPS) is 12.8. The highest BCUT2D eigenvalue weighted by molar-refractivity contribution is 9.10. The number of hydrogen-bond donors (Lipinski definition) is 1. The van der Waals surface area contributed by atoms with E-state index in [9.17, 15) is 0 Å². The van der Waals surface area contributed by atoms with Crippen molar-refractivity contribution < 1.29 is 0 Å². The molecule has 0 saturated carbocycles. The molecule has 1 unspecified atom stereocenters. The van der Waals surface area contributed by atoms with Crippen LogP contribution < -0.4 is 5.32 Å². The van der Waals surface area contributed by atoms with Gasteiger partial charge in [0.25, 0.3) is 0 Å². The quantitative estimate of drug-likeness (QED) is 0.763. The lowest BCUT2D eigenvalue weighted by Crippen LogP contribution is -2.24. The van der Waals surface area contributed by atoms with Crippen LogP contribution in [0.2, 0.25) is 0 Å². The first kappa shape index (κ1) is 14.3. The van der Waals surface area contributed by atoms with E-state index in [0.29, 0.717) is 6.04 Å². The Balaban J connectivity index is 2.12. The van der Waals surface area contributed by atoms with Crippen molar-refractivity contribution in [2.45, 2.75) is 32.7 Å². The van der Waals surface area contributed by atoms with Gasteiger partial charge in [-0.1, -0.05) is 6.92 Å². The molecule has 4 heteroatoms. The average Bonchev–Trinajstić information content (AvgIpc) is 2.93. The van der Waals surface area contributed by atoms with Gasteiger partial charge < -0.3 is 5.32 Å². The van der Waals surface area contributed by atoms with Gasteiger partial charge >= 0.3 is 0 Å². The summed E-state index contributed by atoms with van der Waals surface area (Å²) < 4.78 is 1.19. The maximum atomic E-state index is 3.67. The second kappa shape index (κ2) is 6.85. The summed E-state index contributed by atoms with van der Waals surface area (Å²) in [6.07, 6.45) is 2.25. The van der Waals surface area contributed by atoms with Gasteiger partial charge in [-0.3, -0.25) is 0 Å². The van der Waals surface area contributed by atoms with Crippen LogP contribution >= 0.6 is 38.6 Å². The zero-order valence-corrected chi connectivity index (χ0v) is 13.9. The number of thiophene rings is 2. The van der Waals surface area contributed by atoms with Gasteiger partial charge in [-0.2, -0.15) is 11.3 Å². The van der Waals surface area contributed by atoms with Crippen LogP contribution in [0.1, 0.15) is 35.4 Å². The third-order valence-electron chi connectivity index (χ3n) is 2.94. The lowest BCUT2D eigenvalue weighted by molar-refractivity contribution is 0.531. The van der Waals surface area contributed by atoms with Gasteiger partial charge in [0.2, 0.25) is 0 Å². The number of halogens is 1. The third kappa shape index (κ3) is 3.67. The average molecular weight is 344 g/mol. The molecule has 2 heterocycles. The lowest BCUT2D eigenvalue weighted by Gasteiger charge is -2.18. The fraction of sp³-hybridized carbons (Fsp3) is 0.429. The van der Waals surface area contributed by atoms with Gasteiger partial charge in [-0.05, 0) is 63.8 Å². The smallest absolute Gasteiger partial charge is 0.0379 e. The molecule has 98 valence electrons. The Kier molecular flexibility index (Phi) is 5.42. The fourth-order valence-electron chi connectivity index (χ4n) is 2.00. The molecule has 0 aromatic carbocycles. The Labute approximate surface area is 125 Å². The summed E-state index contributed by atoms with van der Waals surface area (Å²) in [6.45, 7) is 5.50. The van der Waals surface area contributed by atoms with Crippen molar-refractivity contribution in [2.24, 2.45) is 0 Å². The highest BCUT2D eigenvalue weighted by atomic mass is 79.9. The molecule has 0 bridgehead atoms. The number of hydrogen-bond acceptors (Lipinski definition) is 3. The molecular formula is C14H18BrNS2. The predicted molar refractivity (Wildman–Crippen MR) is 85.8 cm³/mol. The van der Waals surface area contributed by atoms with E-state index < -0.39 is 0 Å². The molecule has 0 radical (unpaired) electrons. The summed E-state index contributed by atoms with van der Waals surface area (Å²) in [5.74, 6) is 0. The van der Waals surface area contributed by atoms with Gasteiger partial charge in [0.15, 0.2) is 0 Å². The van der Waals surface area contributed by atoms with Crippen LogP contribution in [0.5, 0.6) is 0 Å². The van der Waals surface area contributed by atoms with Crippen LogP contribution in [0.4, 0.5) is 0 Å². The Hall–Kier alpha value is -0.160. The maximum absolute atomic E-state index is 3.67. The SMILES string of the molecule is CCCNC(Cc1cc(Br)cs1)c1cscc1C. The molecule has 0 fully saturated rings. The van der Waals surface area contributed by atoms with Crippen LogP contribution in [-0.4, -0.2) is 6.54 Å². The first-order chi connectivity index (χ1) is 8.70. The largest absolute Gasteiger partial charge is 0.310 e. The minimum absolute atomic E-state index is 0.446.